The first kappa shape index (κ1) is 13.3. The molecule has 18 heavy (non-hydrogen) atoms. The molecule has 1 amide bonds. The molecule has 1 fully saturated rings. The van der Waals surface area contributed by atoms with Gasteiger partial charge in [-0.3, -0.25) is 9.69 Å². The summed E-state index contributed by atoms with van der Waals surface area (Å²) in [4.78, 5) is 18.0. The molecule has 1 aliphatic rings. The van der Waals surface area contributed by atoms with Crippen molar-refractivity contribution in [2.24, 2.45) is 0 Å². The van der Waals surface area contributed by atoms with E-state index in [9.17, 15) is 4.79 Å². The Morgan fingerprint density at radius 1 is 1.72 bits per heavy atom. The molecular weight excluding hydrogens is 252 g/mol. The Balaban J connectivity index is 1.90. The molecule has 1 unspecified atom stereocenters. The van der Waals surface area contributed by atoms with Crippen LogP contribution in [0.4, 0.5) is 5.69 Å². The van der Waals surface area contributed by atoms with E-state index in [0.717, 1.165) is 19.6 Å². The Kier molecular flexibility index (Phi) is 4.52. The third-order valence-corrected chi connectivity index (χ3v) is 3.32. The van der Waals surface area contributed by atoms with Crippen molar-refractivity contribution in [3.8, 4) is 0 Å². The highest BCUT2D eigenvalue weighted by Gasteiger charge is 2.20. The van der Waals surface area contributed by atoms with Crippen molar-refractivity contribution in [3.63, 3.8) is 0 Å². The lowest BCUT2D eigenvalue weighted by molar-refractivity contribution is -0.118. The van der Waals surface area contributed by atoms with E-state index in [1.165, 1.54) is 0 Å². The lowest BCUT2D eigenvalue weighted by Crippen LogP contribution is -2.52. The van der Waals surface area contributed by atoms with Crippen LogP contribution >= 0.6 is 11.6 Å². The van der Waals surface area contributed by atoms with Crippen LogP contribution in [0.25, 0.3) is 0 Å². The number of piperazine rings is 1. The van der Waals surface area contributed by atoms with Gasteiger partial charge in [0.15, 0.2) is 5.15 Å². The number of hydrogen-bond donors (Lipinski definition) is 2. The van der Waals surface area contributed by atoms with E-state index in [4.69, 9.17) is 11.6 Å². The summed E-state index contributed by atoms with van der Waals surface area (Å²) < 4.78 is 0. The largest absolute Gasteiger partial charge is 0.322 e. The monoisotopic (exact) mass is 268 g/mol. The minimum Gasteiger partial charge on any atom is -0.322 e. The summed E-state index contributed by atoms with van der Waals surface area (Å²) in [6.07, 6.45) is 1.59. The van der Waals surface area contributed by atoms with Gasteiger partial charge in [0.1, 0.15) is 0 Å². The molecule has 2 rings (SSSR count). The van der Waals surface area contributed by atoms with E-state index in [0.29, 0.717) is 23.4 Å². The average molecular weight is 269 g/mol. The van der Waals surface area contributed by atoms with E-state index in [1.807, 2.05) is 0 Å². The average Bonchev–Trinajstić information content (AvgIpc) is 2.35. The van der Waals surface area contributed by atoms with Crippen LogP contribution in [0.2, 0.25) is 5.15 Å². The van der Waals surface area contributed by atoms with Crippen LogP contribution in [0.5, 0.6) is 0 Å². The van der Waals surface area contributed by atoms with E-state index in [2.05, 4.69) is 27.4 Å². The Labute approximate surface area is 112 Å². The zero-order valence-electron chi connectivity index (χ0n) is 10.3. The molecule has 5 nitrogen and oxygen atoms in total. The molecule has 2 heterocycles. The number of aromatic nitrogens is 1. The maximum absolute atomic E-state index is 11.9. The molecule has 0 aliphatic carbocycles. The fourth-order valence-corrected chi connectivity index (χ4v) is 2.14. The summed E-state index contributed by atoms with van der Waals surface area (Å²) in [6, 6.07) is 3.86. The van der Waals surface area contributed by atoms with Gasteiger partial charge in [0.05, 0.1) is 12.2 Å². The third-order valence-electron chi connectivity index (χ3n) is 3.02. The van der Waals surface area contributed by atoms with Gasteiger partial charge >= 0.3 is 0 Å². The number of pyridine rings is 1. The minimum atomic E-state index is -0.0568. The second-order valence-electron chi connectivity index (χ2n) is 4.41. The first-order valence-corrected chi connectivity index (χ1v) is 6.40. The molecule has 1 atom stereocenters. The van der Waals surface area contributed by atoms with Crippen molar-refractivity contribution in [1.29, 1.82) is 0 Å². The predicted molar refractivity (Wildman–Crippen MR) is 71.8 cm³/mol. The Hall–Kier alpha value is -1.17. The van der Waals surface area contributed by atoms with Crippen molar-refractivity contribution in [1.82, 2.24) is 15.2 Å². The third kappa shape index (κ3) is 3.41. The molecule has 2 N–H and O–H groups in total. The molecule has 1 aromatic rings. The van der Waals surface area contributed by atoms with Crippen molar-refractivity contribution in [3.05, 3.63) is 23.5 Å². The lowest BCUT2D eigenvalue weighted by Gasteiger charge is -2.33. The highest BCUT2D eigenvalue weighted by molar-refractivity contribution is 6.32. The number of amides is 1. The highest BCUT2D eigenvalue weighted by atomic mass is 35.5. The topological polar surface area (TPSA) is 57.3 Å². The zero-order valence-corrected chi connectivity index (χ0v) is 11.1. The van der Waals surface area contributed by atoms with Gasteiger partial charge in [0, 0.05) is 31.9 Å². The van der Waals surface area contributed by atoms with E-state index < -0.39 is 0 Å². The Morgan fingerprint density at radius 3 is 3.28 bits per heavy atom. The van der Waals surface area contributed by atoms with Gasteiger partial charge in [-0.15, -0.1) is 0 Å². The first-order valence-electron chi connectivity index (χ1n) is 6.02. The van der Waals surface area contributed by atoms with Crippen LogP contribution in [0.3, 0.4) is 0 Å². The summed E-state index contributed by atoms with van der Waals surface area (Å²) in [5, 5.41) is 6.39. The van der Waals surface area contributed by atoms with Gasteiger partial charge < -0.3 is 10.6 Å². The maximum Gasteiger partial charge on any atom is 0.238 e. The molecule has 6 heteroatoms. The maximum atomic E-state index is 11.9. The fourth-order valence-electron chi connectivity index (χ4n) is 1.97. The number of carbonyl (C=O) groups is 1. The van der Waals surface area contributed by atoms with Crippen LogP contribution in [-0.2, 0) is 4.79 Å². The molecule has 0 saturated carbocycles. The summed E-state index contributed by atoms with van der Waals surface area (Å²) in [5.74, 6) is -0.0568. The van der Waals surface area contributed by atoms with Crippen LogP contribution in [0, 0.1) is 0 Å². The molecule has 0 aromatic carbocycles. The summed E-state index contributed by atoms with van der Waals surface area (Å²) >= 11 is 5.89. The van der Waals surface area contributed by atoms with Crippen LogP contribution in [0.15, 0.2) is 18.3 Å². The first-order chi connectivity index (χ1) is 8.66. The van der Waals surface area contributed by atoms with Crippen molar-refractivity contribution in [2.45, 2.75) is 13.0 Å². The fraction of sp³-hybridized carbons (Fsp3) is 0.500. The van der Waals surface area contributed by atoms with Crippen LogP contribution in [0.1, 0.15) is 6.92 Å². The van der Waals surface area contributed by atoms with Gasteiger partial charge in [-0.1, -0.05) is 11.6 Å². The second-order valence-corrected chi connectivity index (χ2v) is 4.77. The van der Waals surface area contributed by atoms with Gasteiger partial charge in [0.25, 0.3) is 0 Å². The minimum absolute atomic E-state index is 0.0568. The molecule has 98 valence electrons. The summed E-state index contributed by atoms with van der Waals surface area (Å²) in [6.45, 7) is 5.21. The van der Waals surface area contributed by atoms with E-state index in [1.54, 1.807) is 18.3 Å². The molecule has 1 saturated heterocycles. The van der Waals surface area contributed by atoms with Crippen molar-refractivity contribution >= 4 is 23.2 Å². The van der Waals surface area contributed by atoms with Gasteiger partial charge in [-0.05, 0) is 19.1 Å². The number of anilines is 1. The molecule has 0 radical (unpaired) electrons. The predicted octanol–water partition coefficient (Wildman–Crippen LogP) is 0.967. The van der Waals surface area contributed by atoms with Crippen molar-refractivity contribution in [2.75, 3.05) is 31.5 Å². The molecule has 0 spiro atoms. The van der Waals surface area contributed by atoms with E-state index >= 15 is 0 Å². The SMILES string of the molecule is CC1CNCCN1CC(=O)Nc1cccnc1Cl. The number of rotatable bonds is 3. The van der Waals surface area contributed by atoms with E-state index in [-0.39, 0.29) is 5.91 Å². The molecule has 1 aliphatic heterocycles. The van der Waals surface area contributed by atoms with Gasteiger partial charge in [-0.2, -0.15) is 0 Å². The zero-order chi connectivity index (χ0) is 13.0. The Morgan fingerprint density at radius 2 is 2.56 bits per heavy atom. The normalized spacial score (nSPS) is 20.7. The molecule has 1 aromatic heterocycles. The number of halogens is 1. The smallest absolute Gasteiger partial charge is 0.238 e. The number of carbonyl (C=O) groups excluding carboxylic acids is 1. The molecule has 0 bridgehead atoms. The van der Waals surface area contributed by atoms with Crippen LogP contribution in [-0.4, -0.2) is 48.0 Å². The second kappa shape index (κ2) is 6.13. The van der Waals surface area contributed by atoms with Gasteiger partial charge in [-0.25, -0.2) is 4.98 Å². The Bertz CT molecular complexity index is 426. The number of nitrogens with zero attached hydrogens (tertiary/aromatic N) is 2. The summed E-state index contributed by atoms with van der Waals surface area (Å²) in [7, 11) is 0. The highest BCUT2D eigenvalue weighted by Crippen LogP contribution is 2.17. The quantitative estimate of drug-likeness (QED) is 0.802. The summed E-state index contributed by atoms with van der Waals surface area (Å²) in [5.41, 5.74) is 0.562. The van der Waals surface area contributed by atoms with Crippen LogP contribution < -0.4 is 10.6 Å². The number of nitrogens with one attached hydrogen (secondary N) is 2. The standard InChI is InChI=1S/C12H17ClN4O/c1-9-7-14-5-6-17(9)8-11(18)16-10-3-2-4-15-12(10)13/h2-4,9,14H,5-8H2,1H3,(H,16,18). The molecular formula is C12H17ClN4O. The lowest BCUT2D eigenvalue weighted by atomic mass is 10.2. The van der Waals surface area contributed by atoms with Crippen molar-refractivity contribution < 1.29 is 4.79 Å². The number of hydrogen-bond acceptors (Lipinski definition) is 4. The van der Waals surface area contributed by atoms with Gasteiger partial charge in [0.2, 0.25) is 5.91 Å².